The van der Waals surface area contributed by atoms with Gasteiger partial charge >= 0.3 is 18.0 Å². The van der Waals surface area contributed by atoms with Gasteiger partial charge in [-0.3, -0.25) is 0 Å². The van der Waals surface area contributed by atoms with E-state index in [1.165, 1.54) is 0 Å². The second-order valence-electron chi connectivity index (χ2n) is 6.89. The Bertz CT molecular complexity index is 439. The fraction of sp³-hybridized carbons (Fsp3) is 0.833. The summed E-state index contributed by atoms with van der Waals surface area (Å²) in [7, 11) is 0. The highest BCUT2D eigenvalue weighted by Gasteiger charge is 2.46. The van der Waals surface area contributed by atoms with E-state index in [-0.39, 0.29) is 19.6 Å². The molecule has 0 saturated carbocycles. The molecule has 1 amide bonds. The molecule has 26 heavy (non-hydrogen) atoms. The van der Waals surface area contributed by atoms with Crippen LogP contribution in [0.3, 0.4) is 0 Å². The van der Waals surface area contributed by atoms with Crippen LogP contribution in [-0.4, -0.2) is 54.1 Å². The van der Waals surface area contributed by atoms with E-state index in [1.807, 2.05) is 0 Å². The van der Waals surface area contributed by atoms with Crippen molar-refractivity contribution in [3.05, 3.63) is 0 Å². The molecule has 0 unspecified atom stereocenters. The number of amides is 1. The van der Waals surface area contributed by atoms with Crippen LogP contribution in [0.5, 0.6) is 0 Å². The molecule has 0 aliphatic heterocycles. The van der Waals surface area contributed by atoms with Gasteiger partial charge in [-0.15, -0.1) is 0 Å². The lowest BCUT2D eigenvalue weighted by molar-refractivity contribution is -0.184. The third-order valence-corrected chi connectivity index (χ3v) is 3.36. The van der Waals surface area contributed by atoms with E-state index >= 15 is 0 Å². The smallest absolute Gasteiger partial charge is 0.407 e. The summed E-state index contributed by atoms with van der Waals surface area (Å²) in [6.45, 7) is 9.17. The van der Waals surface area contributed by atoms with Crippen LogP contribution in [0, 0.1) is 0 Å². The van der Waals surface area contributed by atoms with Crippen LogP contribution in [-0.2, 0) is 23.8 Å². The number of rotatable bonds is 11. The zero-order chi connectivity index (χ0) is 20.2. The van der Waals surface area contributed by atoms with E-state index in [0.717, 1.165) is 12.8 Å². The number of esters is 2. The van der Waals surface area contributed by atoms with Crippen molar-refractivity contribution >= 4 is 18.0 Å². The summed E-state index contributed by atoms with van der Waals surface area (Å²) in [6, 6.07) is 0. The maximum absolute atomic E-state index is 11.9. The molecule has 0 saturated heterocycles. The second kappa shape index (κ2) is 11.7. The number of ether oxygens (including phenoxy) is 3. The quantitative estimate of drug-likeness (QED) is 0.247. The average Bonchev–Trinajstić information content (AvgIpc) is 2.52. The van der Waals surface area contributed by atoms with Gasteiger partial charge in [0.25, 0.3) is 5.60 Å². The second-order valence-corrected chi connectivity index (χ2v) is 6.89. The Morgan fingerprint density at radius 3 is 1.85 bits per heavy atom. The fourth-order valence-corrected chi connectivity index (χ4v) is 2.15. The summed E-state index contributed by atoms with van der Waals surface area (Å²) < 4.78 is 14.7. The highest BCUT2D eigenvalue weighted by molar-refractivity contribution is 6.03. The van der Waals surface area contributed by atoms with Crippen LogP contribution < -0.4 is 5.32 Å². The van der Waals surface area contributed by atoms with Gasteiger partial charge in [0, 0.05) is 6.54 Å². The van der Waals surface area contributed by atoms with Gasteiger partial charge in [0.05, 0.1) is 13.2 Å². The van der Waals surface area contributed by atoms with Crippen molar-refractivity contribution in [1.82, 2.24) is 5.32 Å². The van der Waals surface area contributed by atoms with Gasteiger partial charge in [0.15, 0.2) is 0 Å². The van der Waals surface area contributed by atoms with E-state index < -0.39 is 29.2 Å². The molecule has 152 valence electrons. The van der Waals surface area contributed by atoms with Gasteiger partial charge in [0.2, 0.25) is 0 Å². The standard InChI is InChI=1S/C18H33NO7/c1-6-24-14(20)18(23,15(21)25-7-2)12-10-8-9-11-13-19-16(22)26-17(3,4)5/h23H,6-13H2,1-5H3,(H,19,22). The first-order valence-corrected chi connectivity index (χ1v) is 9.10. The Morgan fingerprint density at radius 2 is 1.38 bits per heavy atom. The summed E-state index contributed by atoms with van der Waals surface area (Å²) in [4.78, 5) is 35.3. The van der Waals surface area contributed by atoms with Crippen molar-refractivity contribution in [3.8, 4) is 0 Å². The van der Waals surface area contributed by atoms with Crippen LogP contribution in [0.1, 0.15) is 66.7 Å². The van der Waals surface area contributed by atoms with E-state index in [0.29, 0.717) is 19.4 Å². The summed E-state index contributed by atoms with van der Waals surface area (Å²) in [5.41, 5.74) is -2.80. The summed E-state index contributed by atoms with van der Waals surface area (Å²) in [5, 5.41) is 13.0. The maximum atomic E-state index is 11.9. The average molecular weight is 375 g/mol. The maximum Gasteiger partial charge on any atom is 0.407 e. The zero-order valence-electron chi connectivity index (χ0n) is 16.6. The third-order valence-electron chi connectivity index (χ3n) is 3.36. The zero-order valence-corrected chi connectivity index (χ0v) is 16.6. The van der Waals surface area contributed by atoms with Gasteiger partial charge < -0.3 is 24.6 Å². The molecule has 2 N–H and O–H groups in total. The van der Waals surface area contributed by atoms with Crippen LogP contribution in [0.15, 0.2) is 0 Å². The molecule has 0 bridgehead atoms. The van der Waals surface area contributed by atoms with Crippen molar-refractivity contribution in [2.24, 2.45) is 0 Å². The van der Waals surface area contributed by atoms with Gasteiger partial charge in [-0.1, -0.05) is 12.8 Å². The normalized spacial score (nSPS) is 11.6. The predicted molar refractivity (Wildman–Crippen MR) is 95.5 cm³/mol. The largest absolute Gasteiger partial charge is 0.463 e. The molecule has 8 nitrogen and oxygen atoms in total. The number of aliphatic hydroxyl groups is 1. The number of hydrogen-bond acceptors (Lipinski definition) is 7. The minimum absolute atomic E-state index is 0.0653. The molecule has 0 radical (unpaired) electrons. The first-order chi connectivity index (χ1) is 12.1. The van der Waals surface area contributed by atoms with Crippen molar-refractivity contribution in [1.29, 1.82) is 0 Å². The molecule has 0 aliphatic carbocycles. The van der Waals surface area contributed by atoms with Crippen molar-refractivity contribution in [2.75, 3.05) is 19.8 Å². The molecule has 0 aliphatic rings. The van der Waals surface area contributed by atoms with E-state index in [9.17, 15) is 19.5 Å². The Morgan fingerprint density at radius 1 is 0.885 bits per heavy atom. The molecule has 8 heteroatoms. The topological polar surface area (TPSA) is 111 Å². The predicted octanol–water partition coefficient (Wildman–Crippen LogP) is 2.32. The van der Waals surface area contributed by atoms with E-state index in [2.05, 4.69) is 5.32 Å². The van der Waals surface area contributed by atoms with E-state index in [1.54, 1.807) is 34.6 Å². The number of nitrogens with one attached hydrogen (secondary N) is 1. The first-order valence-electron chi connectivity index (χ1n) is 9.10. The number of carbonyl (C=O) groups is 3. The molecular weight excluding hydrogens is 342 g/mol. The van der Waals surface area contributed by atoms with Crippen LogP contribution in [0.2, 0.25) is 0 Å². The van der Waals surface area contributed by atoms with Crippen LogP contribution in [0.4, 0.5) is 4.79 Å². The molecule has 0 aromatic heterocycles. The Balaban J connectivity index is 4.18. The Labute approximate surface area is 155 Å². The van der Waals surface area contributed by atoms with Crippen LogP contribution in [0.25, 0.3) is 0 Å². The summed E-state index contributed by atoms with van der Waals surface area (Å²) >= 11 is 0. The van der Waals surface area contributed by atoms with Gasteiger partial charge in [-0.25, -0.2) is 14.4 Å². The molecule has 0 rings (SSSR count). The Kier molecular flexibility index (Phi) is 10.9. The lowest BCUT2D eigenvalue weighted by Gasteiger charge is -2.23. The summed E-state index contributed by atoms with van der Waals surface area (Å²) in [5.74, 6) is -1.96. The van der Waals surface area contributed by atoms with E-state index in [4.69, 9.17) is 14.2 Å². The van der Waals surface area contributed by atoms with Gasteiger partial charge in [0.1, 0.15) is 5.60 Å². The number of alkyl carbamates (subject to hydrolysis) is 1. The van der Waals surface area contributed by atoms with Gasteiger partial charge in [-0.05, 0) is 53.9 Å². The highest BCUT2D eigenvalue weighted by Crippen LogP contribution is 2.20. The SMILES string of the molecule is CCOC(=O)C(O)(CCCCCCNC(=O)OC(C)(C)C)C(=O)OCC. The number of hydrogen-bond donors (Lipinski definition) is 2. The minimum Gasteiger partial charge on any atom is -0.463 e. The summed E-state index contributed by atoms with van der Waals surface area (Å²) in [6.07, 6.45) is 2.08. The van der Waals surface area contributed by atoms with Gasteiger partial charge in [-0.2, -0.15) is 0 Å². The lowest BCUT2D eigenvalue weighted by Crippen LogP contribution is -2.48. The molecule has 0 heterocycles. The first kappa shape index (κ1) is 24.2. The third kappa shape index (κ3) is 9.60. The molecular formula is C18H33NO7. The monoisotopic (exact) mass is 375 g/mol. The molecule has 0 aromatic rings. The van der Waals surface area contributed by atoms with Crippen molar-refractivity contribution in [2.45, 2.75) is 77.9 Å². The number of carbonyl (C=O) groups excluding carboxylic acids is 3. The van der Waals surface area contributed by atoms with Crippen molar-refractivity contribution in [3.63, 3.8) is 0 Å². The van der Waals surface area contributed by atoms with Crippen LogP contribution >= 0.6 is 0 Å². The minimum atomic E-state index is -2.26. The molecule has 0 spiro atoms. The van der Waals surface area contributed by atoms with Crippen molar-refractivity contribution < 1.29 is 33.7 Å². The Hall–Kier alpha value is -1.83. The molecule has 0 aromatic carbocycles. The highest BCUT2D eigenvalue weighted by atomic mass is 16.6. The molecule has 0 fully saturated rings. The fourth-order valence-electron chi connectivity index (χ4n) is 2.15. The lowest BCUT2D eigenvalue weighted by atomic mass is 9.96. The molecule has 0 atom stereocenters. The number of unbranched alkanes of at least 4 members (excludes halogenated alkanes) is 3.